The van der Waals surface area contributed by atoms with Crippen LogP contribution in [0.15, 0.2) is 6.20 Å². The Hall–Kier alpha value is -0.940. The Labute approximate surface area is 149 Å². The van der Waals surface area contributed by atoms with E-state index in [9.17, 15) is 0 Å². The zero-order valence-corrected chi connectivity index (χ0v) is 17.7. The van der Waals surface area contributed by atoms with Crippen molar-refractivity contribution in [1.82, 2.24) is 20.3 Å². The lowest BCUT2D eigenvalue weighted by atomic mass is 9.87. The number of nitrogens with zero attached hydrogens (tertiary/aromatic N) is 3. The van der Waals surface area contributed by atoms with Gasteiger partial charge in [-0.1, -0.05) is 39.8 Å². The lowest BCUT2D eigenvalue weighted by Crippen LogP contribution is -2.39. The lowest BCUT2D eigenvalue weighted by Gasteiger charge is -2.29. The molecule has 0 spiro atoms. The van der Waals surface area contributed by atoms with Gasteiger partial charge in [-0.15, -0.1) is 5.10 Å². The lowest BCUT2D eigenvalue weighted by molar-refractivity contribution is -0.0385. The molecule has 1 heterocycles. The van der Waals surface area contributed by atoms with E-state index in [-0.39, 0.29) is 16.6 Å². The topological polar surface area (TPSA) is 52.0 Å². The van der Waals surface area contributed by atoms with Crippen molar-refractivity contribution in [2.45, 2.75) is 98.3 Å². The highest BCUT2D eigenvalue weighted by Gasteiger charge is 2.25. The van der Waals surface area contributed by atoms with E-state index in [0.717, 1.165) is 25.1 Å². The first-order valence-electron chi connectivity index (χ1n) is 9.25. The average molecular weight is 341 g/mol. The molecule has 0 saturated carbocycles. The second-order valence-electron chi connectivity index (χ2n) is 8.03. The van der Waals surface area contributed by atoms with Crippen molar-refractivity contribution in [2.75, 3.05) is 13.7 Å². The molecule has 0 aliphatic carbocycles. The fourth-order valence-corrected chi connectivity index (χ4v) is 2.01. The van der Waals surface area contributed by atoms with E-state index in [2.05, 4.69) is 64.1 Å². The summed E-state index contributed by atoms with van der Waals surface area (Å²) in [6.45, 7) is 20.6. The highest BCUT2D eigenvalue weighted by molar-refractivity contribution is 5.08. The first kappa shape index (κ1) is 23.1. The van der Waals surface area contributed by atoms with E-state index in [0.29, 0.717) is 6.54 Å². The predicted octanol–water partition coefficient (Wildman–Crippen LogP) is 4.18. The van der Waals surface area contributed by atoms with Gasteiger partial charge in [-0.3, -0.25) is 0 Å². The molecule has 0 fully saturated rings. The molecule has 1 aromatic heterocycles. The summed E-state index contributed by atoms with van der Waals surface area (Å²) >= 11 is 0. The summed E-state index contributed by atoms with van der Waals surface area (Å²) in [7, 11) is 1.98. The maximum absolute atomic E-state index is 6.06. The molecule has 0 aliphatic heterocycles. The molecule has 0 radical (unpaired) electrons. The largest absolute Gasteiger partial charge is 0.374 e. The van der Waals surface area contributed by atoms with Crippen LogP contribution < -0.4 is 5.32 Å². The average Bonchev–Trinajstić information content (AvgIpc) is 2.97. The molecule has 24 heavy (non-hydrogen) atoms. The van der Waals surface area contributed by atoms with Gasteiger partial charge in [0.05, 0.1) is 17.8 Å². The Balaban J connectivity index is 0.00000254. The third kappa shape index (κ3) is 7.75. The quantitative estimate of drug-likeness (QED) is 0.733. The van der Waals surface area contributed by atoms with Gasteiger partial charge >= 0.3 is 0 Å². The summed E-state index contributed by atoms with van der Waals surface area (Å²) in [5.41, 5.74) is 0.953. The molecule has 0 bridgehead atoms. The minimum Gasteiger partial charge on any atom is -0.374 e. The van der Waals surface area contributed by atoms with Crippen LogP contribution >= 0.6 is 0 Å². The molecule has 5 nitrogen and oxygen atoms in total. The van der Waals surface area contributed by atoms with E-state index >= 15 is 0 Å². The van der Waals surface area contributed by atoms with Crippen LogP contribution in [0.3, 0.4) is 0 Å². The van der Waals surface area contributed by atoms with Crippen LogP contribution in [-0.4, -0.2) is 39.8 Å². The van der Waals surface area contributed by atoms with Gasteiger partial charge in [-0.2, -0.15) is 0 Å². The highest BCUT2D eigenvalue weighted by atomic mass is 16.5. The molecule has 142 valence electrons. The molecule has 0 aromatic carbocycles. The molecule has 0 saturated heterocycles. The molecule has 1 aromatic rings. The zero-order valence-electron chi connectivity index (χ0n) is 17.7. The number of aromatic nitrogens is 3. The van der Waals surface area contributed by atoms with E-state index in [1.54, 1.807) is 0 Å². The van der Waals surface area contributed by atoms with Crippen molar-refractivity contribution >= 4 is 0 Å². The zero-order chi connectivity index (χ0) is 19.0. The van der Waals surface area contributed by atoms with Crippen molar-refractivity contribution in [2.24, 2.45) is 0 Å². The predicted molar refractivity (Wildman–Crippen MR) is 102 cm³/mol. The van der Waals surface area contributed by atoms with Crippen molar-refractivity contribution < 1.29 is 4.74 Å². The summed E-state index contributed by atoms with van der Waals surface area (Å²) in [6.07, 6.45) is 4.06. The molecule has 0 aliphatic rings. The number of hydrogen-bond donors (Lipinski definition) is 1. The fourth-order valence-electron chi connectivity index (χ4n) is 2.01. The van der Waals surface area contributed by atoms with Crippen LogP contribution in [0, 0.1) is 0 Å². The van der Waals surface area contributed by atoms with Crippen molar-refractivity contribution in [3.05, 3.63) is 11.9 Å². The maximum Gasteiger partial charge on any atom is 0.0883 e. The summed E-state index contributed by atoms with van der Waals surface area (Å²) in [5.74, 6) is 0. The summed E-state index contributed by atoms with van der Waals surface area (Å²) in [5, 5.41) is 11.9. The Bertz CT molecular complexity index is 464. The smallest absolute Gasteiger partial charge is 0.0883 e. The van der Waals surface area contributed by atoms with Crippen molar-refractivity contribution in [1.29, 1.82) is 0 Å². The number of rotatable bonds is 9. The summed E-state index contributed by atoms with van der Waals surface area (Å²) in [4.78, 5) is 0. The van der Waals surface area contributed by atoms with Crippen LogP contribution in [0.2, 0.25) is 0 Å². The van der Waals surface area contributed by atoms with Crippen LogP contribution in [0.1, 0.15) is 80.8 Å². The van der Waals surface area contributed by atoms with E-state index in [1.807, 2.05) is 31.8 Å². The first-order valence-corrected chi connectivity index (χ1v) is 9.25. The SMILES string of the molecule is CC.CCC(C)(C)c1cn(CC(C)(C)OCCC(C)(C)NC)nn1. The Kier molecular flexibility index (Phi) is 9.15. The maximum atomic E-state index is 6.06. The summed E-state index contributed by atoms with van der Waals surface area (Å²) in [6, 6.07) is 0. The standard InChI is InChI=1S/C17H34N4O.C2H6/c1-9-15(2,3)14-12-21(20-19-14)13-17(6,7)22-11-10-16(4,5)18-8;1-2/h12,18H,9-11,13H2,1-8H3;1-2H3. The number of hydrogen-bond acceptors (Lipinski definition) is 4. The number of ether oxygens (including phenoxy) is 1. The minimum atomic E-state index is -0.259. The van der Waals surface area contributed by atoms with Gasteiger partial charge in [0.1, 0.15) is 0 Å². The van der Waals surface area contributed by atoms with Crippen LogP contribution in [-0.2, 0) is 16.7 Å². The van der Waals surface area contributed by atoms with E-state index in [1.165, 1.54) is 0 Å². The monoisotopic (exact) mass is 340 g/mol. The number of nitrogens with one attached hydrogen (secondary N) is 1. The van der Waals surface area contributed by atoms with Gasteiger partial charge in [0.25, 0.3) is 0 Å². The van der Waals surface area contributed by atoms with E-state index < -0.39 is 0 Å². The molecule has 0 unspecified atom stereocenters. The van der Waals surface area contributed by atoms with Gasteiger partial charge in [0, 0.05) is 23.8 Å². The van der Waals surface area contributed by atoms with Gasteiger partial charge < -0.3 is 10.1 Å². The van der Waals surface area contributed by atoms with Gasteiger partial charge in [0.2, 0.25) is 0 Å². The van der Waals surface area contributed by atoms with Crippen molar-refractivity contribution in [3.63, 3.8) is 0 Å². The minimum absolute atomic E-state index is 0.0695. The Morgan fingerprint density at radius 3 is 2.21 bits per heavy atom. The Morgan fingerprint density at radius 2 is 1.71 bits per heavy atom. The summed E-state index contributed by atoms with van der Waals surface area (Å²) < 4.78 is 7.96. The van der Waals surface area contributed by atoms with E-state index in [4.69, 9.17) is 4.74 Å². The fraction of sp³-hybridized carbons (Fsp3) is 0.895. The highest BCUT2D eigenvalue weighted by Crippen LogP contribution is 2.24. The van der Waals surface area contributed by atoms with Crippen LogP contribution in [0.4, 0.5) is 0 Å². The van der Waals surface area contributed by atoms with Crippen LogP contribution in [0.25, 0.3) is 0 Å². The molecule has 1 N–H and O–H groups in total. The molecule has 0 amide bonds. The molecule has 0 atom stereocenters. The molecule has 1 rings (SSSR count). The van der Waals surface area contributed by atoms with Gasteiger partial charge in [-0.25, -0.2) is 4.68 Å². The second-order valence-corrected chi connectivity index (χ2v) is 8.03. The second kappa shape index (κ2) is 9.52. The van der Waals surface area contributed by atoms with Crippen molar-refractivity contribution in [3.8, 4) is 0 Å². The van der Waals surface area contributed by atoms with Crippen LogP contribution in [0.5, 0.6) is 0 Å². The molecular formula is C19H40N4O. The molecule has 5 heteroatoms. The molecular weight excluding hydrogens is 300 g/mol. The Morgan fingerprint density at radius 1 is 1.12 bits per heavy atom. The third-order valence-corrected chi connectivity index (χ3v) is 4.56. The third-order valence-electron chi connectivity index (χ3n) is 4.56. The first-order chi connectivity index (χ1) is 11.0. The van der Waals surface area contributed by atoms with Gasteiger partial charge in [-0.05, 0) is 47.6 Å². The normalized spacial score (nSPS) is 12.8. The van der Waals surface area contributed by atoms with Gasteiger partial charge in [0.15, 0.2) is 0 Å².